The number of sulfonamides is 1. The van der Waals surface area contributed by atoms with Crippen LogP contribution in [0.4, 0.5) is 5.69 Å². The third-order valence-corrected chi connectivity index (χ3v) is 6.81. The SMILES string of the molecule is CCCCCCCCCC/C(=C\c1cc(C(N)=O)c(N)c(-c2ccc(S(N)(=O)=O)cc2)c1)C(=O)O. The van der Waals surface area contributed by atoms with E-state index in [4.69, 9.17) is 16.6 Å². The van der Waals surface area contributed by atoms with Gasteiger partial charge in [0.25, 0.3) is 5.91 Å². The lowest BCUT2D eigenvalue weighted by Crippen LogP contribution is -2.14. The van der Waals surface area contributed by atoms with Gasteiger partial charge >= 0.3 is 5.97 Å². The summed E-state index contributed by atoms with van der Waals surface area (Å²) in [6, 6.07) is 8.83. The van der Waals surface area contributed by atoms with E-state index >= 15 is 0 Å². The molecule has 0 aliphatic rings. The normalized spacial score (nSPS) is 12.0. The Hall–Kier alpha value is -3.17. The van der Waals surface area contributed by atoms with Crippen LogP contribution in [0.3, 0.4) is 0 Å². The monoisotopic (exact) mass is 501 g/mol. The first kappa shape index (κ1) is 28.1. The second-order valence-electron chi connectivity index (χ2n) is 8.66. The van der Waals surface area contributed by atoms with Gasteiger partial charge < -0.3 is 16.6 Å². The van der Waals surface area contributed by atoms with Crippen LogP contribution in [0.15, 0.2) is 46.9 Å². The Bertz CT molecular complexity index is 1170. The third-order valence-electron chi connectivity index (χ3n) is 5.88. The number of amides is 1. The predicted molar refractivity (Wildman–Crippen MR) is 139 cm³/mol. The molecule has 0 saturated carbocycles. The number of carbonyl (C=O) groups is 2. The van der Waals surface area contributed by atoms with Crippen molar-refractivity contribution < 1.29 is 23.1 Å². The number of aliphatic carboxylic acids is 1. The summed E-state index contributed by atoms with van der Waals surface area (Å²) in [6.07, 6.45) is 10.8. The first-order valence-electron chi connectivity index (χ1n) is 11.8. The van der Waals surface area contributed by atoms with E-state index in [9.17, 15) is 23.1 Å². The van der Waals surface area contributed by atoms with Crippen molar-refractivity contribution >= 4 is 33.7 Å². The number of primary amides is 1. The number of carbonyl (C=O) groups excluding carboxylic acids is 1. The van der Waals surface area contributed by atoms with Gasteiger partial charge in [0, 0.05) is 11.1 Å². The van der Waals surface area contributed by atoms with Crippen LogP contribution in [0.25, 0.3) is 17.2 Å². The van der Waals surface area contributed by atoms with Gasteiger partial charge in [-0.3, -0.25) is 4.79 Å². The Labute approximate surface area is 207 Å². The standard InChI is InChI=1S/C26H35N3O5S/c1-2-3-4-5-6-7-8-9-10-20(26(31)32)15-18-16-22(24(27)23(17-18)25(28)30)19-11-13-21(14-12-19)35(29,33)34/h11-17H,2-10,27H2,1H3,(H2,28,30)(H,31,32)(H2,29,33,34)/b20-15+. The van der Waals surface area contributed by atoms with E-state index < -0.39 is 21.9 Å². The number of carboxylic acid groups (broad SMARTS) is 1. The van der Waals surface area contributed by atoms with Crippen molar-refractivity contribution in [1.82, 2.24) is 0 Å². The molecule has 2 rings (SSSR count). The minimum atomic E-state index is -3.87. The summed E-state index contributed by atoms with van der Waals surface area (Å²) in [5, 5.41) is 14.9. The van der Waals surface area contributed by atoms with E-state index in [1.54, 1.807) is 6.07 Å². The Kier molecular flexibility index (Phi) is 10.5. The molecule has 0 saturated heterocycles. The molecule has 0 atom stereocenters. The molecule has 0 radical (unpaired) electrons. The van der Waals surface area contributed by atoms with Gasteiger partial charge in [-0.25, -0.2) is 18.4 Å². The molecule has 0 bridgehead atoms. The lowest BCUT2D eigenvalue weighted by atomic mass is 9.95. The van der Waals surface area contributed by atoms with Gasteiger partial charge in [-0.1, -0.05) is 64.0 Å². The van der Waals surface area contributed by atoms with Crippen LogP contribution in [-0.4, -0.2) is 25.4 Å². The molecule has 2 aromatic carbocycles. The lowest BCUT2D eigenvalue weighted by Gasteiger charge is -2.13. The molecule has 35 heavy (non-hydrogen) atoms. The molecule has 7 N–H and O–H groups in total. The molecule has 0 aliphatic heterocycles. The molecule has 1 amide bonds. The van der Waals surface area contributed by atoms with Crippen LogP contribution in [0, 0.1) is 0 Å². The van der Waals surface area contributed by atoms with E-state index in [0.717, 1.165) is 25.7 Å². The highest BCUT2D eigenvalue weighted by atomic mass is 32.2. The zero-order valence-electron chi connectivity index (χ0n) is 20.1. The van der Waals surface area contributed by atoms with Crippen LogP contribution >= 0.6 is 0 Å². The number of carboxylic acids is 1. The lowest BCUT2D eigenvalue weighted by molar-refractivity contribution is -0.132. The molecule has 0 spiro atoms. The summed E-state index contributed by atoms with van der Waals surface area (Å²) in [4.78, 5) is 23.8. The topological polar surface area (TPSA) is 167 Å². The van der Waals surface area contributed by atoms with Gasteiger partial charge in [-0.15, -0.1) is 0 Å². The van der Waals surface area contributed by atoms with Crippen molar-refractivity contribution in [2.24, 2.45) is 10.9 Å². The second kappa shape index (κ2) is 13.1. The number of primary sulfonamides is 1. The maximum absolute atomic E-state index is 12.0. The molecule has 0 fully saturated rings. The maximum atomic E-state index is 12.0. The largest absolute Gasteiger partial charge is 0.478 e. The molecule has 0 unspecified atom stereocenters. The number of nitrogen functional groups attached to an aromatic ring is 1. The molecule has 0 aliphatic carbocycles. The predicted octanol–water partition coefficient (Wildman–Crippen LogP) is 4.68. The van der Waals surface area contributed by atoms with Crippen molar-refractivity contribution in [1.29, 1.82) is 0 Å². The number of unbranched alkanes of at least 4 members (excludes halogenated alkanes) is 7. The number of nitrogens with two attached hydrogens (primary N) is 3. The van der Waals surface area contributed by atoms with E-state index in [1.807, 2.05) is 0 Å². The minimum Gasteiger partial charge on any atom is -0.478 e. The van der Waals surface area contributed by atoms with Crippen molar-refractivity contribution in [3.8, 4) is 11.1 Å². The fraction of sp³-hybridized carbons (Fsp3) is 0.385. The highest BCUT2D eigenvalue weighted by Crippen LogP contribution is 2.32. The van der Waals surface area contributed by atoms with E-state index in [2.05, 4.69) is 6.92 Å². The van der Waals surface area contributed by atoms with Gasteiger partial charge in [0.2, 0.25) is 10.0 Å². The first-order chi connectivity index (χ1) is 16.5. The minimum absolute atomic E-state index is 0.0566. The van der Waals surface area contributed by atoms with Gasteiger partial charge in [0.05, 0.1) is 16.1 Å². The van der Waals surface area contributed by atoms with Crippen molar-refractivity contribution in [3.05, 3.63) is 53.1 Å². The highest BCUT2D eigenvalue weighted by molar-refractivity contribution is 7.89. The number of rotatable bonds is 14. The van der Waals surface area contributed by atoms with Gasteiger partial charge in [0.1, 0.15) is 0 Å². The van der Waals surface area contributed by atoms with Crippen LogP contribution in [0.1, 0.15) is 80.6 Å². The molecule has 0 aromatic heterocycles. The van der Waals surface area contributed by atoms with Crippen LogP contribution < -0.4 is 16.6 Å². The summed E-state index contributed by atoms with van der Waals surface area (Å²) < 4.78 is 23.1. The summed E-state index contributed by atoms with van der Waals surface area (Å²) in [6.45, 7) is 2.18. The smallest absolute Gasteiger partial charge is 0.331 e. The molecule has 0 heterocycles. The molecule has 8 nitrogen and oxygen atoms in total. The quantitative estimate of drug-likeness (QED) is 0.166. The average Bonchev–Trinajstić information content (AvgIpc) is 2.80. The van der Waals surface area contributed by atoms with Crippen molar-refractivity contribution in [2.45, 2.75) is 69.6 Å². The molecular formula is C26H35N3O5S. The maximum Gasteiger partial charge on any atom is 0.331 e. The summed E-state index contributed by atoms with van der Waals surface area (Å²) in [5.41, 5.74) is 13.5. The fourth-order valence-electron chi connectivity index (χ4n) is 3.92. The first-order valence-corrected chi connectivity index (χ1v) is 13.4. The Morgan fingerprint density at radius 1 is 0.943 bits per heavy atom. The molecule has 190 valence electrons. The van der Waals surface area contributed by atoms with Crippen LogP contribution in [0.2, 0.25) is 0 Å². The van der Waals surface area contributed by atoms with E-state index in [-0.39, 0.29) is 21.7 Å². The second-order valence-corrected chi connectivity index (χ2v) is 10.2. The zero-order valence-corrected chi connectivity index (χ0v) is 20.9. The fourth-order valence-corrected chi connectivity index (χ4v) is 4.43. The van der Waals surface area contributed by atoms with Crippen LogP contribution in [-0.2, 0) is 14.8 Å². The summed E-state index contributed by atoms with van der Waals surface area (Å²) in [5.74, 6) is -1.77. The summed E-state index contributed by atoms with van der Waals surface area (Å²) in [7, 11) is -3.87. The van der Waals surface area contributed by atoms with E-state index in [0.29, 0.717) is 23.1 Å². The molecular weight excluding hydrogens is 466 g/mol. The zero-order chi connectivity index (χ0) is 26.0. The number of anilines is 1. The van der Waals surface area contributed by atoms with Crippen molar-refractivity contribution in [2.75, 3.05) is 5.73 Å². The molecule has 2 aromatic rings. The highest BCUT2D eigenvalue weighted by Gasteiger charge is 2.16. The number of benzene rings is 2. The van der Waals surface area contributed by atoms with Crippen molar-refractivity contribution in [3.63, 3.8) is 0 Å². The van der Waals surface area contributed by atoms with Gasteiger partial charge in [-0.2, -0.15) is 0 Å². The number of hydrogen-bond acceptors (Lipinski definition) is 5. The van der Waals surface area contributed by atoms with Crippen LogP contribution in [0.5, 0.6) is 0 Å². The third kappa shape index (κ3) is 8.52. The summed E-state index contributed by atoms with van der Waals surface area (Å²) >= 11 is 0. The number of hydrogen-bond donors (Lipinski definition) is 4. The Balaban J connectivity index is 2.28. The molecule has 9 heteroatoms. The average molecular weight is 502 g/mol. The van der Waals surface area contributed by atoms with Gasteiger partial charge in [-0.05, 0) is 54.3 Å². The Morgan fingerprint density at radius 3 is 2.03 bits per heavy atom. The Morgan fingerprint density at radius 2 is 1.51 bits per heavy atom. The van der Waals surface area contributed by atoms with Gasteiger partial charge in [0.15, 0.2) is 0 Å². The van der Waals surface area contributed by atoms with E-state index in [1.165, 1.54) is 62.1 Å².